The van der Waals surface area contributed by atoms with Crippen LogP contribution in [0.15, 0.2) is 77.5 Å². The molecule has 16 heteroatoms. The quantitative estimate of drug-likeness (QED) is 0.417. The number of aromatic nitrogens is 1. The molecule has 1 aromatic heterocycles. The van der Waals surface area contributed by atoms with Crippen LogP contribution in [-0.4, -0.2) is 36.9 Å². The van der Waals surface area contributed by atoms with E-state index in [1.54, 1.807) is 0 Å². The van der Waals surface area contributed by atoms with Crippen molar-refractivity contribution in [2.24, 2.45) is 0 Å². The number of H-pyrrole nitrogens is 1. The zero-order valence-electron chi connectivity index (χ0n) is 19.7. The van der Waals surface area contributed by atoms with Gasteiger partial charge in [0.2, 0.25) is 0 Å². The van der Waals surface area contributed by atoms with Crippen molar-refractivity contribution in [2.75, 3.05) is 11.9 Å². The van der Waals surface area contributed by atoms with E-state index in [0.29, 0.717) is 4.47 Å². The Bertz CT molecular complexity index is 1300. The summed E-state index contributed by atoms with van der Waals surface area (Å²) >= 11 is 3.09. The van der Waals surface area contributed by atoms with Gasteiger partial charge in [-0.3, -0.25) is 10.1 Å². The lowest BCUT2D eigenvalue weighted by Crippen LogP contribution is -2.56. The monoisotopic (exact) mass is 639 g/mol. The van der Waals surface area contributed by atoms with Gasteiger partial charge in [0.25, 0.3) is 11.5 Å². The number of aromatic amines is 1. The number of pyridine rings is 1. The molecule has 1 aliphatic rings. The van der Waals surface area contributed by atoms with Crippen molar-refractivity contribution in [1.29, 1.82) is 0 Å². The van der Waals surface area contributed by atoms with Crippen LogP contribution in [0.1, 0.15) is 15.9 Å². The fraction of sp³-hybridized carbons (Fsp3) is 0.167. The number of alkyl halides is 6. The number of cyclic esters (lactones) is 1. The molecular weight excluding hydrogens is 623 g/mol. The number of carboxylic acids is 1. The number of halogens is 8. The van der Waals surface area contributed by atoms with Gasteiger partial charge in [-0.25, -0.2) is 14.2 Å². The van der Waals surface area contributed by atoms with E-state index in [-0.39, 0.29) is 16.8 Å². The predicted octanol–water partition coefficient (Wildman–Crippen LogP) is 4.14. The summed E-state index contributed by atoms with van der Waals surface area (Å²) in [6.07, 6.45) is -7.76. The number of fused-ring (bicyclic) bond motifs is 1. The van der Waals surface area contributed by atoms with Gasteiger partial charge in [-0.2, -0.15) is 26.3 Å². The highest BCUT2D eigenvalue weighted by Crippen LogP contribution is 2.47. The molecule has 3 N–H and O–H groups in total. The van der Waals surface area contributed by atoms with E-state index < -0.39 is 48.3 Å². The molecule has 0 bridgehead atoms. The van der Waals surface area contributed by atoms with Crippen LogP contribution < -0.4 is 20.7 Å². The van der Waals surface area contributed by atoms with Gasteiger partial charge in [-0.15, -0.1) is 0 Å². The zero-order valence-corrected chi connectivity index (χ0v) is 21.3. The van der Waals surface area contributed by atoms with Gasteiger partial charge >= 0.3 is 18.4 Å². The fourth-order valence-electron chi connectivity index (χ4n) is 3.00. The first-order chi connectivity index (χ1) is 18.6. The van der Waals surface area contributed by atoms with Crippen LogP contribution in [0.5, 0.6) is 0 Å². The van der Waals surface area contributed by atoms with Crippen LogP contribution in [0, 0.1) is 5.82 Å². The van der Waals surface area contributed by atoms with Crippen LogP contribution >= 0.6 is 15.9 Å². The largest absolute Gasteiger partial charge is 0.542 e. The van der Waals surface area contributed by atoms with Gasteiger partial charge in [0.1, 0.15) is 11.8 Å². The van der Waals surface area contributed by atoms with Gasteiger partial charge in [-0.05, 0) is 42.5 Å². The number of amides is 2. The smallest absolute Gasteiger partial charge is 0.434 e. The molecule has 0 saturated carbocycles. The number of hydrogen-bond donors (Lipinski definition) is 2. The summed E-state index contributed by atoms with van der Waals surface area (Å²) < 4.78 is 91.4. The van der Waals surface area contributed by atoms with Gasteiger partial charge in [-0.1, -0.05) is 22.0 Å². The third kappa shape index (κ3) is 8.65. The van der Waals surface area contributed by atoms with Crippen molar-refractivity contribution in [3.8, 4) is 0 Å². The number of hydrogen-bond acceptors (Lipinski definition) is 5. The molecule has 4 rings (SSSR count). The van der Waals surface area contributed by atoms with Crippen LogP contribution in [0.4, 0.5) is 41.2 Å². The van der Waals surface area contributed by atoms with E-state index in [1.165, 1.54) is 12.1 Å². The van der Waals surface area contributed by atoms with Crippen LogP contribution in [0.25, 0.3) is 0 Å². The Morgan fingerprint density at radius 1 is 1.00 bits per heavy atom. The van der Waals surface area contributed by atoms with Crippen LogP contribution in [0.3, 0.4) is 0 Å². The van der Waals surface area contributed by atoms with E-state index in [2.05, 4.69) is 36.3 Å². The average Bonchev–Trinajstić information content (AvgIpc) is 2.88. The maximum atomic E-state index is 14.0. The minimum Gasteiger partial charge on any atom is -0.542 e. The molecule has 0 saturated heterocycles. The molecule has 3 aromatic rings. The normalized spacial score (nSPS) is 15.9. The van der Waals surface area contributed by atoms with Gasteiger partial charge in [0.15, 0.2) is 12.4 Å². The lowest BCUT2D eigenvalue weighted by atomic mass is 9.89. The van der Waals surface area contributed by atoms with Gasteiger partial charge in [0, 0.05) is 27.7 Å². The molecule has 214 valence electrons. The average molecular weight is 640 g/mol. The van der Waals surface area contributed by atoms with Crippen molar-refractivity contribution >= 4 is 39.6 Å². The summed E-state index contributed by atoms with van der Waals surface area (Å²) in [5, 5.41) is 13.1. The highest BCUT2D eigenvalue weighted by Gasteiger charge is 2.62. The molecule has 1 atom stereocenters. The summed E-state index contributed by atoms with van der Waals surface area (Å²) in [5.74, 6) is -4.47. The lowest BCUT2D eigenvalue weighted by molar-refractivity contribution is -0.378. The summed E-state index contributed by atoms with van der Waals surface area (Å²) in [5.41, 5.74) is -3.56. The standard InChI is InChI=1S/C17H11BrF4N2O3.C5H5N.C2HF3O2/c18-10-3-6-13-12(7-10)16(17(20,21)22,27-15(26)24-13)8-23-14(25)9-1-4-11(19)5-2-9;1-2-4-6-5-3-1;3-2(4,5)1(6)7/h1-7H,8H2,(H,23,25)(H,24,26);1-5H;(H,6,7). The van der Waals surface area contributed by atoms with Gasteiger partial charge in [0.05, 0.1) is 12.2 Å². The first kappa shape index (κ1) is 32.0. The second kappa shape index (κ2) is 13.2. The molecule has 0 radical (unpaired) electrons. The highest BCUT2D eigenvalue weighted by atomic mass is 79.9. The molecule has 40 heavy (non-hydrogen) atoms. The fourth-order valence-corrected chi connectivity index (χ4v) is 3.36. The summed E-state index contributed by atoms with van der Waals surface area (Å²) in [6.45, 7) is -1.05. The van der Waals surface area contributed by atoms with E-state index >= 15 is 0 Å². The maximum absolute atomic E-state index is 14.0. The Morgan fingerprint density at radius 3 is 2.02 bits per heavy atom. The predicted molar refractivity (Wildman–Crippen MR) is 125 cm³/mol. The second-order valence-electron chi connectivity index (χ2n) is 7.58. The Kier molecular flexibility index (Phi) is 10.6. The Labute approximate surface area is 229 Å². The molecule has 0 spiro atoms. The number of rotatable bonds is 3. The first-order valence-corrected chi connectivity index (χ1v) is 11.5. The lowest BCUT2D eigenvalue weighted by Gasteiger charge is -2.39. The highest BCUT2D eigenvalue weighted by molar-refractivity contribution is 9.10. The minimum atomic E-state index is -5.19. The van der Waals surface area contributed by atoms with Crippen molar-refractivity contribution in [3.63, 3.8) is 0 Å². The van der Waals surface area contributed by atoms with Crippen molar-refractivity contribution < 1.29 is 59.9 Å². The minimum absolute atomic E-state index is 0.0385. The van der Waals surface area contributed by atoms with E-state index in [9.17, 15) is 40.3 Å². The van der Waals surface area contributed by atoms with E-state index in [4.69, 9.17) is 9.90 Å². The van der Waals surface area contributed by atoms with E-state index in [0.717, 1.165) is 30.3 Å². The number of aliphatic carboxylic acids is 1. The number of carboxylic acid groups (broad SMARTS) is 1. The Morgan fingerprint density at radius 2 is 1.57 bits per heavy atom. The molecule has 0 fully saturated rings. The molecule has 2 amide bonds. The SMILES string of the molecule is O=C([O-])C(F)(F)F.O=C1Nc2ccc(Br)cc2C(CNC(=O)c2ccc(F)cc2)(C(F)(F)F)O1.c1cc[nH+]cc1. The summed E-state index contributed by atoms with van der Waals surface area (Å²) in [7, 11) is 0. The first-order valence-electron chi connectivity index (χ1n) is 10.7. The van der Waals surface area contributed by atoms with Crippen molar-refractivity contribution in [3.05, 3.63) is 94.5 Å². The van der Waals surface area contributed by atoms with Crippen molar-refractivity contribution in [2.45, 2.75) is 18.0 Å². The number of benzene rings is 2. The number of nitrogens with one attached hydrogen (secondary N) is 3. The Balaban J connectivity index is 0.000000354. The number of carbonyl (C=O) groups is 3. The molecule has 2 aromatic carbocycles. The maximum Gasteiger partial charge on any atom is 0.434 e. The third-order valence-corrected chi connectivity index (χ3v) is 5.31. The topological polar surface area (TPSA) is 122 Å². The molecule has 1 aliphatic heterocycles. The van der Waals surface area contributed by atoms with Crippen molar-refractivity contribution in [1.82, 2.24) is 5.32 Å². The third-order valence-electron chi connectivity index (χ3n) is 4.82. The van der Waals surface area contributed by atoms with Crippen LogP contribution in [0.2, 0.25) is 0 Å². The molecule has 1 unspecified atom stereocenters. The summed E-state index contributed by atoms with van der Waals surface area (Å²) in [4.78, 5) is 35.6. The van der Waals surface area contributed by atoms with E-state index in [1.807, 2.05) is 30.6 Å². The molecular formula is C24H17BrF7N3O5. The number of ether oxygens (including phenoxy) is 1. The number of carbonyl (C=O) groups excluding carboxylic acids is 3. The Hall–Kier alpha value is -4.21. The molecule has 0 aliphatic carbocycles. The summed E-state index contributed by atoms with van der Waals surface area (Å²) in [6, 6.07) is 14.0. The van der Waals surface area contributed by atoms with Gasteiger partial charge < -0.3 is 20.0 Å². The zero-order chi connectivity index (χ0) is 30.1. The molecule has 2 heterocycles. The van der Waals surface area contributed by atoms with Crippen LogP contribution in [-0.2, 0) is 15.1 Å². The molecule has 8 nitrogen and oxygen atoms in total. The second-order valence-corrected chi connectivity index (χ2v) is 8.50. The number of anilines is 1.